The van der Waals surface area contributed by atoms with E-state index in [-0.39, 0.29) is 24.5 Å². The lowest BCUT2D eigenvalue weighted by Gasteiger charge is -2.02. The molecule has 0 aliphatic heterocycles. The molecule has 1 heterocycles. The zero-order valence-corrected chi connectivity index (χ0v) is 10.0. The van der Waals surface area contributed by atoms with E-state index in [1.165, 1.54) is 16.7 Å². The molecule has 5 heteroatoms. The van der Waals surface area contributed by atoms with E-state index in [4.69, 9.17) is 12.8 Å². The number of nitrogens with zero attached hydrogens (tertiary/aromatic N) is 3. The Kier molecular flexibility index (Phi) is 3.49. The van der Waals surface area contributed by atoms with Gasteiger partial charge in [0.2, 0.25) is 0 Å². The number of halogens is 1. The molecule has 4 nitrogen and oxygen atoms in total. The Bertz CT molecular complexity index is 743. The largest absolute Gasteiger partial charge is 0.347 e. The molecule has 0 bridgehead atoms. The minimum atomic E-state index is -0.473. The van der Waals surface area contributed by atoms with Crippen LogP contribution < -0.4 is 5.69 Å². The maximum atomic E-state index is 13.8. The molecule has 0 N–H and O–H groups in total. The van der Waals surface area contributed by atoms with E-state index >= 15 is 0 Å². The minimum absolute atomic E-state index is 0.00702. The molecule has 0 radical (unpaired) electrons. The maximum absolute atomic E-state index is 13.8. The Hall–Kier alpha value is -2.79. The summed E-state index contributed by atoms with van der Waals surface area (Å²) in [5.74, 6) is 4.36. The van der Waals surface area contributed by atoms with Crippen molar-refractivity contribution in [2.45, 2.75) is 13.1 Å². The highest BCUT2D eigenvalue weighted by Crippen LogP contribution is 2.19. The van der Waals surface area contributed by atoms with E-state index in [0.29, 0.717) is 0 Å². The molecule has 0 unspecified atom stereocenters. The summed E-state index contributed by atoms with van der Waals surface area (Å²) in [6.07, 6.45) is 10.4. The molecular weight excluding hydrogens is 245 g/mol. The predicted octanol–water partition coefficient (Wildman–Crippen LogP) is 1.12. The van der Waals surface area contributed by atoms with Crippen molar-refractivity contribution >= 4 is 0 Å². The predicted molar refractivity (Wildman–Crippen MR) is 69.5 cm³/mol. The summed E-state index contributed by atoms with van der Waals surface area (Å²) in [5.41, 5.74) is -0.236. The van der Waals surface area contributed by atoms with Gasteiger partial charge in [-0.3, -0.25) is 4.57 Å². The molecule has 0 saturated heterocycles. The molecule has 0 amide bonds. The van der Waals surface area contributed by atoms with Gasteiger partial charge in [0.15, 0.2) is 5.82 Å². The standard InChI is InChI=1S/C14H10FN3O/c1-3-9-17-13(11-7-5-6-8-12(11)15)16-18(10-4-2)14(17)19/h1-2,5-8H,9-10H2. The Balaban J connectivity index is 2.67. The minimum Gasteiger partial charge on any atom is -0.263 e. The fourth-order valence-corrected chi connectivity index (χ4v) is 1.71. The summed E-state index contributed by atoms with van der Waals surface area (Å²) in [7, 11) is 0. The van der Waals surface area contributed by atoms with Gasteiger partial charge < -0.3 is 0 Å². The highest BCUT2D eigenvalue weighted by atomic mass is 19.1. The SMILES string of the molecule is C#CCn1nc(-c2ccccc2F)n(CC#C)c1=O. The maximum Gasteiger partial charge on any atom is 0.347 e. The number of aromatic nitrogens is 3. The van der Waals surface area contributed by atoms with Crippen LogP contribution in [0.3, 0.4) is 0 Å². The molecule has 0 fully saturated rings. The average molecular weight is 255 g/mol. The van der Waals surface area contributed by atoms with Gasteiger partial charge in [0.05, 0.1) is 12.1 Å². The van der Waals surface area contributed by atoms with Crippen molar-refractivity contribution in [3.63, 3.8) is 0 Å². The van der Waals surface area contributed by atoms with Crippen LogP contribution in [0.25, 0.3) is 11.4 Å². The molecule has 2 aromatic rings. The second-order valence-corrected chi connectivity index (χ2v) is 3.74. The summed E-state index contributed by atoms with van der Waals surface area (Å²) in [5, 5.41) is 4.04. The fourth-order valence-electron chi connectivity index (χ4n) is 1.71. The van der Waals surface area contributed by atoms with Crippen LogP contribution in [-0.4, -0.2) is 14.3 Å². The Morgan fingerprint density at radius 3 is 2.53 bits per heavy atom. The summed E-state index contributed by atoms with van der Waals surface area (Å²) in [6, 6.07) is 6.04. The van der Waals surface area contributed by atoms with Crippen molar-refractivity contribution < 1.29 is 4.39 Å². The van der Waals surface area contributed by atoms with Gasteiger partial charge >= 0.3 is 5.69 Å². The summed E-state index contributed by atoms with van der Waals surface area (Å²) in [4.78, 5) is 12.0. The molecule has 19 heavy (non-hydrogen) atoms. The topological polar surface area (TPSA) is 39.8 Å². The molecule has 2 rings (SSSR count). The lowest BCUT2D eigenvalue weighted by atomic mass is 10.2. The van der Waals surface area contributed by atoms with Gasteiger partial charge in [-0.2, -0.15) is 0 Å². The molecule has 0 saturated carbocycles. The van der Waals surface area contributed by atoms with Crippen molar-refractivity contribution in [1.29, 1.82) is 0 Å². The van der Waals surface area contributed by atoms with Gasteiger partial charge in [0.1, 0.15) is 12.4 Å². The van der Waals surface area contributed by atoms with Crippen molar-refractivity contribution in [1.82, 2.24) is 14.3 Å². The first-order chi connectivity index (χ1) is 9.19. The van der Waals surface area contributed by atoms with Crippen molar-refractivity contribution in [3.8, 4) is 36.1 Å². The number of hydrogen-bond acceptors (Lipinski definition) is 2. The first-order valence-electron chi connectivity index (χ1n) is 5.48. The van der Waals surface area contributed by atoms with Crippen LogP contribution in [-0.2, 0) is 13.1 Å². The van der Waals surface area contributed by atoms with Gasteiger partial charge in [0, 0.05) is 0 Å². The molecule has 0 aliphatic carbocycles. The van der Waals surface area contributed by atoms with Crippen LogP contribution in [0.5, 0.6) is 0 Å². The number of hydrogen-bond donors (Lipinski definition) is 0. The summed E-state index contributed by atoms with van der Waals surface area (Å²) in [6.45, 7) is 0.0188. The van der Waals surface area contributed by atoms with Gasteiger partial charge in [-0.25, -0.2) is 13.9 Å². The lowest BCUT2D eigenvalue weighted by molar-refractivity contribution is 0.627. The first-order valence-corrected chi connectivity index (χ1v) is 5.48. The monoisotopic (exact) mass is 255 g/mol. The average Bonchev–Trinajstić information content (AvgIpc) is 2.69. The van der Waals surface area contributed by atoms with Crippen molar-refractivity contribution in [2.75, 3.05) is 0 Å². The first kappa shape index (κ1) is 12.7. The third-order valence-electron chi connectivity index (χ3n) is 2.53. The van der Waals surface area contributed by atoms with Crippen molar-refractivity contribution in [2.24, 2.45) is 0 Å². The third-order valence-corrected chi connectivity index (χ3v) is 2.53. The van der Waals surface area contributed by atoms with E-state index in [1.54, 1.807) is 12.1 Å². The smallest absolute Gasteiger partial charge is 0.263 e. The van der Waals surface area contributed by atoms with Gasteiger partial charge in [-0.05, 0) is 12.1 Å². The van der Waals surface area contributed by atoms with Crippen LogP contribution in [0.2, 0.25) is 0 Å². The molecular formula is C14H10FN3O. The number of rotatable bonds is 3. The second-order valence-electron chi connectivity index (χ2n) is 3.74. The number of benzene rings is 1. The van der Waals surface area contributed by atoms with Crippen LogP contribution in [0.1, 0.15) is 0 Å². The molecule has 0 spiro atoms. The van der Waals surface area contributed by atoms with Crippen molar-refractivity contribution in [3.05, 3.63) is 40.6 Å². The van der Waals surface area contributed by atoms with E-state index in [9.17, 15) is 9.18 Å². The zero-order valence-electron chi connectivity index (χ0n) is 10.0. The van der Waals surface area contributed by atoms with Crippen LogP contribution in [0, 0.1) is 30.5 Å². The molecule has 0 atom stereocenters. The van der Waals surface area contributed by atoms with Crippen LogP contribution in [0.4, 0.5) is 4.39 Å². The van der Waals surface area contributed by atoms with Crippen LogP contribution in [0.15, 0.2) is 29.1 Å². The quantitative estimate of drug-likeness (QED) is 0.771. The van der Waals surface area contributed by atoms with Gasteiger partial charge in [-0.1, -0.05) is 24.0 Å². The normalized spacial score (nSPS) is 9.84. The van der Waals surface area contributed by atoms with Gasteiger partial charge in [-0.15, -0.1) is 17.9 Å². The lowest BCUT2D eigenvalue weighted by Crippen LogP contribution is -2.24. The Labute approximate surface area is 109 Å². The van der Waals surface area contributed by atoms with E-state index in [0.717, 1.165) is 4.68 Å². The van der Waals surface area contributed by atoms with Gasteiger partial charge in [0.25, 0.3) is 0 Å². The second kappa shape index (κ2) is 5.24. The van der Waals surface area contributed by atoms with Crippen LogP contribution >= 0.6 is 0 Å². The summed E-state index contributed by atoms with van der Waals surface area (Å²) >= 11 is 0. The number of terminal acetylenes is 2. The highest BCUT2D eigenvalue weighted by Gasteiger charge is 2.16. The third kappa shape index (κ3) is 2.27. The Morgan fingerprint density at radius 2 is 1.89 bits per heavy atom. The fraction of sp³-hybridized carbons (Fsp3) is 0.143. The Morgan fingerprint density at radius 1 is 1.21 bits per heavy atom. The molecule has 1 aromatic carbocycles. The van der Waals surface area contributed by atoms with E-state index in [2.05, 4.69) is 16.9 Å². The molecule has 1 aromatic heterocycles. The van der Waals surface area contributed by atoms with E-state index < -0.39 is 11.5 Å². The highest BCUT2D eigenvalue weighted by molar-refractivity contribution is 5.55. The zero-order chi connectivity index (χ0) is 13.8. The van der Waals surface area contributed by atoms with E-state index in [1.807, 2.05) is 0 Å². The summed E-state index contributed by atoms with van der Waals surface area (Å²) < 4.78 is 16.1. The molecule has 94 valence electrons. The molecule has 0 aliphatic rings.